The highest BCUT2D eigenvalue weighted by atomic mass is 32.1. The van der Waals surface area contributed by atoms with Crippen molar-refractivity contribution in [1.29, 1.82) is 0 Å². The normalized spacial score (nSPS) is 17.4. The average Bonchev–Trinajstić information content (AvgIpc) is 3.37. The summed E-state index contributed by atoms with van der Waals surface area (Å²) in [6.45, 7) is 1.64. The van der Waals surface area contributed by atoms with Crippen molar-refractivity contribution in [1.82, 2.24) is 4.90 Å². The van der Waals surface area contributed by atoms with Crippen molar-refractivity contribution >= 4 is 17.2 Å². The molecule has 106 valence electrons. The van der Waals surface area contributed by atoms with E-state index in [1.807, 2.05) is 16.3 Å². The summed E-state index contributed by atoms with van der Waals surface area (Å²) in [7, 11) is 0. The van der Waals surface area contributed by atoms with Crippen LogP contribution in [0, 0.1) is 23.7 Å². The number of carbonyl (C=O) groups is 1. The van der Waals surface area contributed by atoms with Gasteiger partial charge in [-0.05, 0) is 49.0 Å². The standard InChI is InChI=1S/C16H19NO2S/c18-8-1-2-14-7-9-20-15(14)16(19)17(10-12-3-4-12)11-13-5-6-13/h7,9,12-13,18H,3-6,8,10-11H2. The molecule has 2 aliphatic rings. The zero-order valence-electron chi connectivity index (χ0n) is 11.5. The summed E-state index contributed by atoms with van der Waals surface area (Å²) in [6.07, 6.45) is 5.04. The topological polar surface area (TPSA) is 40.5 Å². The molecule has 2 saturated carbocycles. The first-order chi connectivity index (χ1) is 9.78. The molecule has 3 rings (SSSR count). The number of hydrogen-bond donors (Lipinski definition) is 1. The Morgan fingerprint density at radius 1 is 1.30 bits per heavy atom. The van der Waals surface area contributed by atoms with Crippen LogP contribution < -0.4 is 0 Å². The molecule has 4 heteroatoms. The van der Waals surface area contributed by atoms with Gasteiger partial charge in [0.15, 0.2) is 0 Å². The fourth-order valence-electron chi connectivity index (χ4n) is 2.32. The van der Waals surface area contributed by atoms with E-state index in [9.17, 15) is 4.79 Å². The summed E-state index contributed by atoms with van der Waals surface area (Å²) in [6, 6.07) is 1.87. The highest BCUT2D eigenvalue weighted by Crippen LogP contribution is 2.34. The Morgan fingerprint density at radius 2 is 1.95 bits per heavy atom. The third-order valence-corrected chi connectivity index (χ3v) is 4.70. The van der Waals surface area contributed by atoms with Crippen molar-refractivity contribution in [2.45, 2.75) is 25.7 Å². The van der Waals surface area contributed by atoms with E-state index in [0.29, 0.717) is 11.8 Å². The summed E-state index contributed by atoms with van der Waals surface area (Å²) in [5.74, 6) is 7.06. The van der Waals surface area contributed by atoms with Gasteiger partial charge in [-0.2, -0.15) is 0 Å². The maximum atomic E-state index is 12.7. The van der Waals surface area contributed by atoms with Crippen LogP contribution in [0.3, 0.4) is 0 Å². The molecule has 0 atom stereocenters. The number of thiophene rings is 1. The Morgan fingerprint density at radius 3 is 2.50 bits per heavy atom. The first-order valence-electron chi connectivity index (χ1n) is 7.24. The van der Waals surface area contributed by atoms with E-state index in [1.165, 1.54) is 37.0 Å². The third-order valence-electron chi connectivity index (χ3n) is 3.80. The van der Waals surface area contributed by atoms with E-state index in [2.05, 4.69) is 11.8 Å². The Kier molecular flexibility index (Phi) is 4.09. The van der Waals surface area contributed by atoms with E-state index in [0.717, 1.165) is 23.5 Å². The summed E-state index contributed by atoms with van der Waals surface area (Å²) in [4.78, 5) is 15.5. The molecular formula is C16H19NO2S. The molecule has 0 spiro atoms. The molecule has 0 radical (unpaired) electrons. The van der Waals surface area contributed by atoms with Crippen LogP contribution in [-0.4, -0.2) is 35.6 Å². The lowest BCUT2D eigenvalue weighted by Crippen LogP contribution is -2.34. The largest absolute Gasteiger partial charge is 0.384 e. The maximum absolute atomic E-state index is 12.7. The predicted octanol–water partition coefficient (Wildman–Crippen LogP) is 2.35. The molecule has 3 nitrogen and oxygen atoms in total. The molecule has 2 aliphatic carbocycles. The molecular weight excluding hydrogens is 270 g/mol. The van der Waals surface area contributed by atoms with E-state index < -0.39 is 0 Å². The maximum Gasteiger partial charge on any atom is 0.265 e. The molecule has 1 heterocycles. The molecule has 0 aliphatic heterocycles. The number of carbonyl (C=O) groups excluding carboxylic acids is 1. The quantitative estimate of drug-likeness (QED) is 0.845. The van der Waals surface area contributed by atoms with Crippen molar-refractivity contribution in [3.8, 4) is 11.8 Å². The summed E-state index contributed by atoms with van der Waals surface area (Å²) in [5, 5.41) is 10.7. The smallest absolute Gasteiger partial charge is 0.265 e. The van der Waals surface area contributed by atoms with Gasteiger partial charge in [0, 0.05) is 18.7 Å². The monoisotopic (exact) mass is 289 g/mol. The van der Waals surface area contributed by atoms with E-state index in [4.69, 9.17) is 5.11 Å². The van der Waals surface area contributed by atoms with Crippen LogP contribution in [0.15, 0.2) is 11.4 Å². The molecule has 20 heavy (non-hydrogen) atoms. The van der Waals surface area contributed by atoms with Crippen molar-refractivity contribution in [3.63, 3.8) is 0 Å². The lowest BCUT2D eigenvalue weighted by atomic mass is 10.2. The molecule has 0 unspecified atom stereocenters. The molecule has 1 aromatic heterocycles. The first kappa shape index (κ1) is 13.7. The number of nitrogens with zero attached hydrogens (tertiary/aromatic N) is 1. The number of aliphatic hydroxyl groups is 1. The molecule has 1 amide bonds. The Hall–Kier alpha value is -1.31. The van der Waals surface area contributed by atoms with Crippen molar-refractivity contribution < 1.29 is 9.90 Å². The van der Waals surface area contributed by atoms with Crippen LogP contribution in [0.1, 0.15) is 40.9 Å². The van der Waals surface area contributed by atoms with Gasteiger partial charge in [-0.1, -0.05) is 11.8 Å². The second kappa shape index (κ2) is 5.99. The predicted molar refractivity (Wildman–Crippen MR) is 79.6 cm³/mol. The summed E-state index contributed by atoms with van der Waals surface area (Å²) in [5.41, 5.74) is 0.755. The fraction of sp³-hybridized carbons (Fsp3) is 0.562. The Bertz CT molecular complexity index is 532. The SMILES string of the molecule is O=C(c1sccc1C#CCO)N(CC1CC1)CC1CC1. The van der Waals surface area contributed by atoms with Crippen LogP contribution in [-0.2, 0) is 0 Å². The molecule has 0 saturated heterocycles. The van der Waals surface area contributed by atoms with Crippen LogP contribution in [0.2, 0.25) is 0 Å². The van der Waals surface area contributed by atoms with Gasteiger partial charge in [-0.25, -0.2) is 0 Å². The van der Waals surface area contributed by atoms with Gasteiger partial charge in [0.25, 0.3) is 5.91 Å². The zero-order valence-corrected chi connectivity index (χ0v) is 12.3. The molecule has 1 N–H and O–H groups in total. The third kappa shape index (κ3) is 3.41. The minimum absolute atomic E-state index is 0.126. The van der Waals surface area contributed by atoms with Gasteiger partial charge in [-0.15, -0.1) is 11.3 Å². The molecule has 0 aromatic carbocycles. The van der Waals surface area contributed by atoms with Gasteiger partial charge in [-0.3, -0.25) is 4.79 Å². The average molecular weight is 289 g/mol. The van der Waals surface area contributed by atoms with Crippen LogP contribution >= 0.6 is 11.3 Å². The zero-order chi connectivity index (χ0) is 13.9. The van der Waals surface area contributed by atoms with Gasteiger partial charge >= 0.3 is 0 Å². The molecule has 2 fully saturated rings. The Labute approximate surface area is 123 Å². The van der Waals surface area contributed by atoms with Crippen LogP contribution in [0.4, 0.5) is 0 Å². The van der Waals surface area contributed by atoms with E-state index in [1.54, 1.807) is 0 Å². The van der Waals surface area contributed by atoms with E-state index in [-0.39, 0.29) is 12.5 Å². The van der Waals surface area contributed by atoms with Crippen molar-refractivity contribution in [2.24, 2.45) is 11.8 Å². The summed E-state index contributed by atoms with van der Waals surface area (Å²) >= 11 is 1.46. The number of hydrogen-bond acceptors (Lipinski definition) is 3. The van der Waals surface area contributed by atoms with Crippen molar-refractivity contribution in [2.75, 3.05) is 19.7 Å². The molecule has 0 bridgehead atoms. The van der Waals surface area contributed by atoms with Crippen LogP contribution in [0.5, 0.6) is 0 Å². The lowest BCUT2D eigenvalue weighted by Gasteiger charge is -2.22. The first-order valence-corrected chi connectivity index (χ1v) is 8.12. The number of aliphatic hydroxyl groups excluding tert-OH is 1. The second-order valence-corrected chi connectivity index (χ2v) is 6.64. The molecule has 1 aromatic rings. The number of rotatable bonds is 5. The van der Waals surface area contributed by atoms with Crippen molar-refractivity contribution in [3.05, 3.63) is 21.9 Å². The number of amides is 1. The van der Waals surface area contributed by atoms with Gasteiger partial charge in [0.05, 0.1) is 0 Å². The highest BCUT2D eigenvalue weighted by Gasteiger charge is 2.32. The minimum Gasteiger partial charge on any atom is -0.384 e. The van der Waals surface area contributed by atoms with E-state index >= 15 is 0 Å². The Balaban J connectivity index is 1.75. The second-order valence-electron chi connectivity index (χ2n) is 5.72. The van der Waals surface area contributed by atoms with Gasteiger partial charge < -0.3 is 10.0 Å². The lowest BCUT2D eigenvalue weighted by molar-refractivity contribution is 0.0744. The van der Waals surface area contributed by atoms with Crippen LogP contribution in [0.25, 0.3) is 0 Å². The van der Waals surface area contributed by atoms with Gasteiger partial charge in [0.2, 0.25) is 0 Å². The van der Waals surface area contributed by atoms with Gasteiger partial charge in [0.1, 0.15) is 11.5 Å². The highest BCUT2D eigenvalue weighted by molar-refractivity contribution is 7.12. The fourth-order valence-corrected chi connectivity index (χ4v) is 3.13. The minimum atomic E-state index is -0.169. The summed E-state index contributed by atoms with van der Waals surface area (Å²) < 4.78 is 0.